The Labute approximate surface area is 185 Å². The molecule has 164 valence electrons. The van der Waals surface area contributed by atoms with Crippen molar-refractivity contribution in [2.45, 2.75) is 25.6 Å². The third kappa shape index (κ3) is 5.40. The van der Waals surface area contributed by atoms with Crippen molar-refractivity contribution in [1.82, 2.24) is 0 Å². The summed E-state index contributed by atoms with van der Waals surface area (Å²) in [5.74, 6) is 3.97. The molecule has 0 radical (unpaired) electrons. The van der Waals surface area contributed by atoms with Crippen molar-refractivity contribution in [2.75, 3.05) is 13.2 Å². The summed E-state index contributed by atoms with van der Waals surface area (Å²) >= 11 is 0. The minimum absolute atomic E-state index is 0.273. The average Bonchev–Trinajstić information content (AvgIpc) is 2.78. The predicted octanol–water partition coefficient (Wildman–Crippen LogP) is 6.15. The van der Waals surface area contributed by atoms with Crippen LogP contribution in [-0.4, -0.2) is 19.5 Å². The van der Waals surface area contributed by atoms with Crippen molar-refractivity contribution in [2.24, 2.45) is 5.92 Å². The SMILES string of the molecule is C=CCC1COC(CCc2cc(F)c(C#Cc3ccc4cc(F)ccc4c3)c(F)c2)OC1. The summed E-state index contributed by atoms with van der Waals surface area (Å²) in [4.78, 5) is 0. The number of hydrogen-bond acceptors (Lipinski definition) is 2. The minimum atomic E-state index is -0.702. The normalized spacial score (nSPS) is 18.2. The van der Waals surface area contributed by atoms with Gasteiger partial charge in [-0.1, -0.05) is 30.0 Å². The highest BCUT2D eigenvalue weighted by atomic mass is 19.1. The third-order valence-electron chi connectivity index (χ3n) is 5.44. The Hall–Kier alpha value is -3.07. The summed E-state index contributed by atoms with van der Waals surface area (Å²) in [7, 11) is 0. The molecule has 3 aromatic carbocycles. The lowest BCUT2D eigenvalue weighted by molar-refractivity contribution is -0.201. The first-order valence-electron chi connectivity index (χ1n) is 10.5. The molecule has 0 aliphatic carbocycles. The topological polar surface area (TPSA) is 18.5 Å². The Morgan fingerprint density at radius 2 is 1.59 bits per heavy atom. The van der Waals surface area contributed by atoms with Gasteiger partial charge >= 0.3 is 0 Å². The lowest BCUT2D eigenvalue weighted by Crippen LogP contribution is -2.32. The highest BCUT2D eigenvalue weighted by Crippen LogP contribution is 2.21. The first-order chi connectivity index (χ1) is 15.5. The van der Waals surface area contributed by atoms with Gasteiger partial charge in [-0.05, 0) is 65.6 Å². The maximum Gasteiger partial charge on any atom is 0.157 e. The molecular formula is C27H23F3O2. The Morgan fingerprint density at radius 3 is 2.31 bits per heavy atom. The number of fused-ring (bicyclic) bond motifs is 1. The monoisotopic (exact) mass is 436 g/mol. The zero-order valence-electron chi connectivity index (χ0n) is 17.5. The molecule has 0 amide bonds. The number of aryl methyl sites for hydroxylation is 1. The molecule has 4 rings (SSSR count). The Morgan fingerprint density at radius 1 is 0.906 bits per heavy atom. The molecule has 0 N–H and O–H groups in total. The standard InChI is InChI=1S/C27H23F3O2/c1-2-3-20-16-31-27(32-17-20)11-6-19-13-25(29)24(26(30)14-19)10-5-18-4-7-22-15-23(28)9-8-21(22)12-18/h2,4,7-9,12-15,20,27H,1,3,6,11,16-17H2. The van der Waals surface area contributed by atoms with Crippen LogP contribution in [0.4, 0.5) is 13.2 Å². The van der Waals surface area contributed by atoms with E-state index in [1.807, 2.05) is 6.08 Å². The van der Waals surface area contributed by atoms with Gasteiger partial charge in [-0.2, -0.15) is 0 Å². The lowest BCUT2D eigenvalue weighted by atomic mass is 10.0. The fourth-order valence-electron chi connectivity index (χ4n) is 3.72. The number of ether oxygens (including phenoxy) is 2. The quantitative estimate of drug-likeness (QED) is 0.353. The smallest absolute Gasteiger partial charge is 0.157 e. The fourth-order valence-corrected chi connectivity index (χ4v) is 3.72. The summed E-state index contributed by atoms with van der Waals surface area (Å²) in [5, 5.41) is 1.54. The van der Waals surface area contributed by atoms with Crippen LogP contribution in [-0.2, 0) is 15.9 Å². The third-order valence-corrected chi connectivity index (χ3v) is 5.44. The van der Waals surface area contributed by atoms with Gasteiger partial charge in [0.25, 0.3) is 0 Å². The van der Waals surface area contributed by atoms with Crippen LogP contribution < -0.4 is 0 Å². The highest BCUT2D eigenvalue weighted by Gasteiger charge is 2.21. The number of allylic oxidation sites excluding steroid dienone is 1. The van der Waals surface area contributed by atoms with Gasteiger partial charge in [0, 0.05) is 17.9 Å². The average molecular weight is 436 g/mol. The van der Waals surface area contributed by atoms with E-state index in [2.05, 4.69) is 18.4 Å². The fraction of sp³-hybridized carbons (Fsp3) is 0.259. The molecule has 1 saturated heterocycles. The molecule has 5 heteroatoms. The Bertz CT molecular complexity index is 1160. The number of benzene rings is 3. The minimum Gasteiger partial charge on any atom is -0.352 e. The molecule has 0 unspecified atom stereocenters. The summed E-state index contributed by atoms with van der Waals surface area (Å²) < 4.78 is 53.8. The summed E-state index contributed by atoms with van der Waals surface area (Å²) in [6.07, 6.45) is 3.25. The van der Waals surface area contributed by atoms with Gasteiger partial charge < -0.3 is 9.47 Å². The van der Waals surface area contributed by atoms with Crippen molar-refractivity contribution in [3.05, 3.63) is 95.3 Å². The second kappa shape index (κ2) is 10.0. The Kier molecular flexibility index (Phi) is 6.94. The van der Waals surface area contributed by atoms with Gasteiger partial charge in [-0.25, -0.2) is 13.2 Å². The summed E-state index contributed by atoms with van der Waals surface area (Å²) in [6.45, 7) is 4.90. The van der Waals surface area contributed by atoms with E-state index in [1.54, 1.807) is 24.3 Å². The van der Waals surface area contributed by atoms with Crippen molar-refractivity contribution in [3.63, 3.8) is 0 Å². The van der Waals surface area contributed by atoms with Gasteiger partial charge in [-0.15, -0.1) is 6.58 Å². The van der Waals surface area contributed by atoms with E-state index in [4.69, 9.17) is 9.47 Å². The molecular weight excluding hydrogens is 413 g/mol. The largest absolute Gasteiger partial charge is 0.352 e. The van der Waals surface area contributed by atoms with Gasteiger partial charge in [0.1, 0.15) is 17.5 Å². The lowest BCUT2D eigenvalue weighted by Gasteiger charge is -2.28. The maximum atomic E-state index is 14.6. The van der Waals surface area contributed by atoms with Crippen molar-refractivity contribution >= 4 is 10.8 Å². The first kappa shape index (κ1) is 22.1. The summed E-state index contributed by atoms with van der Waals surface area (Å²) in [6, 6.07) is 12.2. The van der Waals surface area contributed by atoms with E-state index in [0.717, 1.165) is 17.2 Å². The van der Waals surface area contributed by atoms with Crippen LogP contribution in [0.15, 0.2) is 61.2 Å². The van der Waals surface area contributed by atoms with Crippen LogP contribution in [0.1, 0.15) is 29.5 Å². The molecule has 0 saturated carbocycles. The van der Waals surface area contributed by atoms with Gasteiger partial charge in [-0.3, -0.25) is 0 Å². The molecule has 0 aromatic heterocycles. The van der Waals surface area contributed by atoms with E-state index >= 15 is 0 Å². The molecule has 1 heterocycles. The Balaban J connectivity index is 1.42. The summed E-state index contributed by atoms with van der Waals surface area (Å²) in [5.41, 5.74) is 0.845. The molecule has 32 heavy (non-hydrogen) atoms. The zero-order chi connectivity index (χ0) is 22.5. The van der Waals surface area contributed by atoms with Crippen molar-refractivity contribution < 1.29 is 22.6 Å². The second-order valence-corrected chi connectivity index (χ2v) is 7.92. The number of rotatable bonds is 5. The van der Waals surface area contributed by atoms with E-state index in [0.29, 0.717) is 43.1 Å². The van der Waals surface area contributed by atoms with Gasteiger partial charge in [0.2, 0.25) is 0 Å². The zero-order valence-corrected chi connectivity index (χ0v) is 17.5. The molecule has 0 atom stereocenters. The molecule has 0 spiro atoms. The number of halogens is 3. The molecule has 0 bridgehead atoms. The van der Waals surface area contributed by atoms with Crippen LogP contribution in [0, 0.1) is 35.2 Å². The van der Waals surface area contributed by atoms with Crippen LogP contribution in [0.2, 0.25) is 0 Å². The molecule has 2 nitrogen and oxygen atoms in total. The van der Waals surface area contributed by atoms with E-state index < -0.39 is 11.6 Å². The van der Waals surface area contributed by atoms with E-state index in [1.165, 1.54) is 24.3 Å². The van der Waals surface area contributed by atoms with E-state index in [9.17, 15) is 13.2 Å². The van der Waals surface area contributed by atoms with Crippen LogP contribution in [0.5, 0.6) is 0 Å². The molecule has 3 aromatic rings. The van der Waals surface area contributed by atoms with Crippen LogP contribution in [0.3, 0.4) is 0 Å². The first-order valence-corrected chi connectivity index (χ1v) is 10.5. The molecule has 1 fully saturated rings. The van der Waals surface area contributed by atoms with Gasteiger partial charge in [0.15, 0.2) is 6.29 Å². The molecule has 1 aliphatic rings. The van der Waals surface area contributed by atoms with Crippen molar-refractivity contribution in [1.29, 1.82) is 0 Å². The van der Waals surface area contributed by atoms with Gasteiger partial charge in [0.05, 0.1) is 18.8 Å². The molecule has 1 aliphatic heterocycles. The highest BCUT2D eigenvalue weighted by molar-refractivity contribution is 5.84. The maximum absolute atomic E-state index is 14.6. The predicted molar refractivity (Wildman–Crippen MR) is 119 cm³/mol. The van der Waals surface area contributed by atoms with Crippen molar-refractivity contribution in [3.8, 4) is 11.8 Å². The number of hydrogen-bond donors (Lipinski definition) is 0. The van der Waals surface area contributed by atoms with Crippen LogP contribution >= 0.6 is 0 Å². The second-order valence-electron chi connectivity index (χ2n) is 7.92. The van der Waals surface area contributed by atoms with Crippen LogP contribution in [0.25, 0.3) is 10.8 Å². The van der Waals surface area contributed by atoms with E-state index in [-0.39, 0.29) is 17.7 Å².